The molecule has 0 saturated carbocycles. The van der Waals surface area contributed by atoms with E-state index in [2.05, 4.69) is 40.4 Å². The second-order valence-corrected chi connectivity index (χ2v) is 4.02. The molecule has 15 heavy (non-hydrogen) atoms. The van der Waals surface area contributed by atoms with Gasteiger partial charge in [-0.05, 0) is 25.1 Å². The summed E-state index contributed by atoms with van der Waals surface area (Å²) in [5.41, 5.74) is 1.65. The molecule has 0 bridgehead atoms. The van der Waals surface area contributed by atoms with Gasteiger partial charge in [0.15, 0.2) is 0 Å². The number of rotatable bonds is 4. The van der Waals surface area contributed by atoms with Gasteiger partial charge in [0, 0.05) is 17.6 Å². The summed E-state index contributed by atoms with van der Waals surface area (Å²) in [5.74, 6) is 0. The zero-order valence-electron chi connectivity index (χ0n) is 8.70. The number of hydrogen-bond donors (Lipinski definition) is 0. The van der Waals surface area contributed by atoms with E-state index in [1.165, 1.54) is 0 Å². The summed E-state index contributed by atoms with van der Waals surface area (Å²) < 4.78 is 0.985. The van der Waals surface area contributed by atoms with Crippen LogP contribution in [0.5, 0.6) is 0 Å². The highest BCUT2D eigenvalue weighted by Crippen LogP contribution is 2.24. The molecular weight excluding hydrogens is 252 g/mol. The first-order valence-corrected chi connectivity index (χ1v) is 5.57. The average Bonchev–Trinajstić information content (AvgIpc) is 2.26. The third kappa shape index (κ3) is 2.84. The predicted octanol–water partition coefficient (Wildman–Crippen LogP) is 3.33. The van der Waals surface area contributed by atoms with Gasteiger partial charge in [-0.1, -0.05) is 22.0 Å². The Morgan fingerprint density at radius 3 is 2.87 bits per heavy atom. The fourth-order valence-corrected chi connectivity index (χ4v) is 1.76. The zero-order valence-corrected chi connectivity index (χ0v) is 10.3. The molecule has 0 aromatic heterocycles. The highest BCUT2D eigenvalue weighted by molar-refractivity contribution is 9.10. The summed E-state index contributed by atoms with van der Waals surface area (Å²) in [5, 5.41) is 9.00. The van der Waals surface area contributed by atoms with E-state index in [0.717, 1.165) is 23.2 Å². The Hall–Kier alpha value is -1.27. The van der Waals surface area contributed by atoms with Crippen molar-refractivity contribution in [1.29, 1.82) is 5.26 Å². The number of nitriles is 1. The van der Waals surface area contributed by atoms with Crippen LogP contribution in [-0.4, -0.2) is 13.1 Å². The fourth-order valence-electron chi connectivity index (χ4n) is 1.41. The molecule has 3 heteroatoms. The smallest absolute Gasteiger partial charge is 0.101 e. The van der Waals surface area contributed by atoms with Gasteiger partial charge in [0.25, 0.3) is 0 Å². The molecule has 1 aromatic carbocycles. The molecule has 0 unspecified atom stereocenters. The molecule has 0 aliphatic carbocycles. The molecule has 0 spiro atoms. The highest BCUT2D eigenvalue weighted by Gasteiger charge is 2.08. The van der Waals surface area contributed by atoms with Crippen molar-refractivity contribution in [3.63, 3.8) is 0 Å². The van der Waals surface area contributed by atoms with Gasteiger partial charge in [0.2, 0.25) is 0 Å². The minimum Gasteiger partial charge on any atom is -0.367 e. The van der Waals surface area contributed by atoms with Crippen molar-refractivity contribution in [3.05, 3.63) is 40.9 Å². The van der Waals surface area contributed by atoms with Gasteiger partial charge in [-0.3, -0.25) is 0 Å². The summed E-state index contributed by atoms with van der Waals surface area (Å²) in [6.45, 7) is 7.39. The molecular formula is C12H13BrN2. The number of likely N-dealkylation sites (N-methyl/N-ethyl adjacent to an activating group) is 1. The van der Waals surface area contributed by atoms with E-state index in [1.54, 1.807) is 0 Å². The van der Waals surface area contributed by atoms with E-state index in [-0.39, 0.29) is 0 Å². The Bertz CT molecular complexity index is 393. The topological polar surface area (TPSA) is 27.0 Å². The van der Waals surface area contributed by atoms with Gasteiger partial charge in [-0.15, -0.1) is 6.58 Å². The number of hydrogen-bond acceptors (Lipinski definition) is 2. The number of halogens is 1. The van der Waals surface area contributed by atoms with Gasteiger partial charge in [0.05, 0.1) is 11.3 Å². The van der Waals surface area contributed by atoms with E-state index >= 15 is 0 Å². The van der Waals surface area contributed by atoms with Crippen LogP contribution in [0.4, 0.5) is 5.69 Å². The fraction of sp³-hybridized carbons (Fsp3) is 0.250. The minimum atomic E-state index is 0.696. The molecule has 0 atom stereocenters. The number of benzene rings is 1. The van der Waals surface area contributed by atoms with E-state index in [9.17, 15) is 0 Å². The Kier molecular flexibility index (Phi) is 4.38. The maximum atomic E-state index is 9.00. The Morgan fingerprint density at radius 1 is 1.60 bits per heavy atom. The van der Waals surface area contributed by atoms with Crippen LogP contribution in [0.3, 0.4) is 0 Å². The zero-order chi connectivity index (χ0) is 11.3. The van der Waals surface area contributed by atoms with Crippen molar-refractivity contribution in [1.82, 2.24) is 0 Å². The molecule has 78 valence electrons. The Balaban J connectivity index is 3.14. The minimum absolute atomic E-state index is 0.696. The molecule has 1 rings (SSSR count). The van der Waals surface area contributed by atoms with Crippen molar-refractivity contribution in [2.45, 2.75) is 6.92 Å². The SMILES string of the molecule is C=CCN(CC)c1cc(Br)ccc1C#N. The molecule has 0 fully saturated rings. The van der Waals surface area contributed by atoms with E-state index < -0.39 is 0 Å². The number of nitrogens with zero attached hydrogens (tertiary/aromatic N) is 2. The predicted molar refractivity (Wildman–Crippen MR) is 66.9 cm³/mol. The third-order valence-electron chi connectivity index (χ3n) is 2.15. The molecule has 0 aliphatic rings. The first kappa shape index (κ1) is 11.8. The van der Waals surface area contributed by atoms with Crippen molar-refractivity contribution in [2.24, 2.45) is 0 Å². The van der Waals surface area contributed by atoms with Crippen molar-refractivity contribution in [3.8, 4) is 6.07 Å². The molecule has 1 aromatic rings. The summed E-state index contributed by atoms with van der Waals surface area (Å²) >= 11 is 3.41. The average molecular weight is 265 g/mol. The van der Waals surface area contributed by atoms with Crippen molar-refractivity contribution >= 4 is 21.6 Å². The summed E-state index contributed by atoms with van der Waals surface area (Å²) in [6.07, 6.45) is 1.84. The number of anilines is 1. The van der Waals surface area contributed by atoms with Crippen LogP contribution in [0.25, 0.3) is 0 Å². The standard InChI is InChI=1S/C12H13BrN2/c1-3-7-15(4-2)12-8-11(13)6-5-10(12)9-14/h3,5-6,8H,1,4,7H2,2H3. The van der Waals surface area contributed by atoms with Gasteiger partial charge in [0.1, 0.15) is 6.07 Å². The van der Waals surface area contributed by atoms with Crippen LogP contribution in [0.1, 0.15) is 12.5 Å². The van der Waals surface area contributed by atoms with Crippen LogP contribution in [0, 0.1) is 11.3 Å². The molecule has 0 aliphatic heterocycles. The largest absolute Gasteiger partial charge is 0.367 e. The first-order chi connectivity index (χ1) is 7.22. The van der Waals surface area contributed by atoms with E-state index in [1.807, 2.05) is 24.3 Å². The van der Waals surface area contributed by atoms with Crippen LogP contribution < -0.4 is 4.90 Å². The van der Waals surface area contributed by atoms with Gasteiger partial charge in [-0.25, -0.2) is 0 Å². The summed E-state index contributed by atoms with van der Waals surface area (Å²) in [6, 6.07) is 7.87. The highest BCUT2D eigenvalue weighted by atomic mass is 79.9. The van der Waals surface area contributed by atoms with Gasteiger partial charge >= 0.3 is 0 Å². The van der Waals surface area contributed by atoms with Gasteiger partial charge in [-0.2, -0.15) is 5.26 Å². The lowest BCUT2D eigenvalue weighted by atomic mass is 10.1. The first-order valence-electron chi connectivity index (χ1n) is 4.78. The monoisotopic (exact) mass is 264 g/mol. The second kappa shape index (κ2) is 5.57. The molecule has 2 nitrogen and oxygen atoms in total. The molecule has 0 N–H and O–H groups in total. The second-order valence-electron chi connectivity index (χ2n) is 3.10. The quantitative estimate of drug-likeness (QED) is 0.781. The molecule has 0 radical (unpaired) electrons. The lowest BCUT2D eigenvalue weighted by Crippen LogP contribution is -2.23. The van der Waals surface area contributed by atoms with Crippen LogP contribution in [-0.2, 0) is 0 Å². The normalized spacial score (nSPS) is 9.40. The van der Waals surface area contributed by atoms with Crippen LogP contribution >= 0.6 is 15.9 Å². The van der Waals surface area contributed by atoms with E-state index in [4.69, 9.17) is 5.26 Å². The van der Waals surface area contributed by atoms with E-state index in [0.29, 0.717) is 5.56 Å². The summed E-state index contributed by atoms with van der Waals surface area (Å²) in [7, 11) is 0. The van der Waals surface area contributed by atoms with Crippen LogP contribution in [0.15, 0.2) is 35.3 Å². The maximum Gasteiger partial charge on any atom is 0.101 e. The van der Waals surface area contributed by atoms with Crippen molar-refractivity contribution < 1.29 is 0 Å². The summed E-state index contributed by atoms with van der Waals surface area (Å²) in [4.78, 5) is 2.11. The van der Waals surface area contributed by atoms with Crippen molar-refractivity contribution in [2.75, 3.05) is 18.0 Å². The Labute approximate surface area is 99.0 Å². The maximum absolute atomic E-state index is 9.00. The molecule has 0 amide bonds. The Morgan fingerprint density at radius 2 is 2.33 bits per heavy atom. The molecule has 0 saturated heterocycles. The lowest BCUT2D eigenvalue weighted by Gasteiger charge is -2.22. The third-order valence-corrected chi connectivity index (χ3v) is 2.65. The van der Waals surface area contributed by atoms with Gasteiger partial charge < -0.3 is 4.90 Å². The lowest BCUT2D eigenvalue weighted by molar-refractivity contribution is 0.904. The molecule has 0 heterocycles. The van der Waals surface area contributed by atoms with Crippen LogP contribution in [0.2, 0.25) is 0 Å².